The van der Waals surface area contributed by atoms with Crippen LogP contribution in [0.15, 0.2) is 18.3 Å². The van der Waals surface area contributed by atoms with Gasteiger partial charge in [0.25, 0.3) is 5.91 Å². The van der Waals surface area contributed by atoms with Crippen molar-refractivity contribution in [2.24, 2.45) is 0 Å². The number of sulfone groups is 1. The van der Waals surface area contributed by atoms with Gasteiger partial charge in [-0.15, -0.1) is 0 Å². The number of carbonyl (C=O) groups excluding carboxylic acids is 2. The summed E-state index contributed by atoms with van der Waals surface area (Å²) in [5.74, 6) is -0.411. The zero-order chi connectivity index (χ0) is 16.8. The van der Waals surface area contributed by atoms with E-state index in [1.54, 1.807) is 42.2 Å². The van der Waals surface area contributed by atoms with Crippen LogP contribution < -0.4 is 0 Å². The average molecular weight is 340 g/mol. The monoisotopic (exact) mass is 340 g/mol. The summed E-state index contributed by atoms with van der Waals surface area (Å²) in [4.78, 5) is 32.4. The van der Waals surface area contributed by atoms with E-state index in [4.69, 9.17) is 0 Å². The van der Waals surface area contributed by atoms with Crippen molar-refractivity contribution in [2.75, 3.05) is 38.7 Å². The lowest BCUT2D eigenvalue weighted by Gasteiger charge is -2.44. The van der Waals surface area contributed by atoms with Crippen LogP contribution >= 0.6 is 0 Å². The van der Waals surface area contributed by atoms with Crippen molar-refractivity contribution in [3.63, 3.8) is 0 Å². The molecule has 0 bridgehead atoms. The fourth-order valence-corrected chi connectivity index (χ4v) is 5.30. The summed E-state index contributed by atoms with van der Waals surface area (Å²) < 4.78 is 24.2. The van der Waals surface area contributed by atoms with Gasteiger partial charge in [-0.05, 0) is 12.1 Å². The second kappa shape index (κ2) is 5.55. The second-order valence-electron chi connectivity index (χ2n) is 6.16. The van der Waals surface area contributed by atoms with Crippen molar-refractivity contribution in [1.29, 1.82) is 0 Å². The predicted molar refractivity (Wildman–Crippen MR) is 83.8 cm³/mol. The van der Waals surface area contributed by atoms with Crippen molar-refractivity contribution >= 4 is 21.8 Å². The Balaban J connectivity index is 1.90. The van der Waals surface area contributed by atoms with E-state index in [0.29, 0.717) is 18.8 Å². The predicted octanol–water partition coefficient (Wildman–Crippen LogP) is -0.380. The Morgan fingerprint density at radius 3 is 2.35 bits per heavy atom. The van der Waals surface area contributed by atoms with Crippen molar-refractivity contribution in [3.05, 3.63) is 24.0 Å². The number of rotatable bonds is 1. The fourth-order valence-electron chi connectivity index (χ4n) is 3.32. The summed E-state index contributed by atoms with van der Waals surface area (Å²) in [5.41, 5.74) is 0.431. The first-order valence-electron chi connectivity index (χ1n) is 7.43. The molecule has 1 aromatic rings. The molecule has 1 N–H and O–H groups in total. The van der Waals surface area contributed by atoms with Crippen molar-refractivity contribution < 1.29 is 18.0 Å². The number of carbonyl (C=O) groups is 2. The number of amides is 3. The van der Waals surface area contributed by atoms with E-state index in [2.05, 4.69) is 4.98 Å². The smallest absolute Gasteiger partial charge is 0.319 e. The molecule has 1 aromatic heterocycles. The van der Waals surface area contributed by atoms with Crippen LogP contribution in [-0.4, -0.2) is 90.8 Å². The Kier molecular flexibility index (Phi) is 3.83. The van der Waals surface area contributed by atoms with Gasteiger partial charge in [0.15, 0.2) is 9.84 Å². The van der Waals surface area contributed by atoms with Gasteiger partial charge in [0, 0.05) is 33.4 Å². The maximum Gasteiger partial charge on any atom is 0.319 e. The minimum absolute atomic E-state index is 0.0915. The highest BCUT2D eigenvalue weighted by Gasteiger charge is 2.49. The lowest BCUT2D eigenvalue weighted by molar-refractivity contribution is 0.0389. The van der Waals surface area contributed by atoms with Crippen LogP contribution in [0.5, 0.6) is 0 Å². The molecule has 0 radical (unpaired) electrons. The number of hydrogen-bond acceptors (Lipinski definition) is 4. The number of aromatic amines is 1. The normalized spacial score (nSPS) is 26.0. The third kappa shape index (κ3) is 2.80. The van der Waals surface area contributed by atoms with Crippen LogP contribution in [-0.2, 0) is 9.84 Å². The third-order valence-electron chi connectivity index (χ3n) is 4.39. The lowest BCUT2D eigenvalue weighted by atomic mass is 10.0. The Hall–Kier alpha value is -2.03. The molecule has 2 aliphatic heterocycles. The molecule has 3 amide bonds. The second-order valence-corrected chi connectivity index (χ2v) is 8.32. The summed E-state index contributed by atoms with van der Waals surface area (Å²) in [5, 5.41) is 0. The lowest BCUT2D eigenvalue weighted by Crippen LogP contribution is -2.63. The number of fused-ring (bicyclic) bond motifs is 1. The van der Waals surface area contributed by atoms with Crippen LogP contribution in [0.4, 0.5) is 4.79 Å². The number of piperazine rings is 1. The largest absolute Gasteiger partial charge is 0.357 e. The van der Waals surface area contributed by atoms with Crippen LogP contribution in [0, 0.1) is 0 Å². The van der Waals surface area contributed by atoms with Crippen LogP contribution in [0.1, 0.15) is 10.5 Å². The van der Waals surface area contributed by atoms with Crippen LogP contribution in [0.25, 0.3) is 0 Å². The highest BCUT2D eigenvalue weighted by Crippen LogP contribution is 2.28. The number of urea groups is 1. The molecular weight excluding hydrogens is 320 g/mol. The molecule has 0 spiro atoms. The molecule has 0 aromatic carbocycles. The zero-order valence-electron chi connectivity index (χ0n) is 13.1. The van der Waals surface area contributed by atoms with Crippen molar-refractivity contribution in [1.82, 2.24) is 19.7 Å². The van der Waals surface area contributed by atoms with Crippen molar-refractivity contribution in [3.8, 4) is 0 Å². The maximum absolute atomic E-state index is 12.6. The van der Waals surface area contributed by atoms with Gasteiger partial charge in [-0.3, -0.25) is 4.79 Å². The number of H-pyrrole nitrogens is 1. The molecule has 3 heterocycles. The molecule has 0 aliphatic carbocycles. The Labute approximate surface area is 135 Å². The molecule has 0 saturated carbocycles. The van der Waals surface area contributed by atoms with E-state index >= 15 is 0 Å². The van der Waals surface area contributed by atoms with Gasteiger partial charge in [0.05, 0.1) is 23.6 Å². The summed E-state index contributed by atoms with van der Waals surface area (Å²) in [6.07, 6.45) is 1.65. The van der Waals surface area contributed by atoms with Gasteiger partial charge < -0.3 is 19.7 Å². The Morgan fingerprint density at radius 1 is 1.17 bits per heavy atom. The fraction of sp³-hybridized carbons (Fsp3) is 0.571. The third-order valence-corrected chi connectivity index (χ3v) is 6.09. The first-order chi connectivity index (χ1) is 10.8. The highest BCUT2D eigenvalue weighted by molar-refractivity contribution is 7.91. The maximum atomic E-state index is 12.6. The van der Waals surface area contributed by atoms with Gasteiger partial charge in [-0.25, -0.2) is 13.2 Å². The van der Waals surface area contributed by atoms with Crippen molar-refractivity contribution in [2.45, 2.75) is 12.1 Å². The van der Waals surface area contributed by atoms with Gasteiger partial charge in [0.1, 0.15) is 5.69 Å². The van der Waals surface area contributed by atoms with E-state index in [0.717, 1.165) is 0 Å². The molecule has 2 saturated heterocycles. The molecular formula is C14H20N4O4S. The van der Waals surface area contributed by atoms with E-state index < -0.39 is 21.9 Å². The molecule has 3 rings (SSSR count). The molecule has 23 heavy (non-hydrogen) atoms. The molecule has 8 nitrogen and oxygen atoms in total. The van der Waals surface area contributed by atoms with Gasteiger partial charge in [-0.1, -0.05) is 0 Å². The minimum Gasteiger partial charge on any atom is -0.357 e. The number of hydrogen-bond donors (Lipinski definition) is 1. The number of nitrogens with one attached hydrogen (secondary N) is 1. The summed E-state index contributed by atoms with van der Waals surface area (Å²) in [6.45, 7) is 0.661. The first-order valence-corrected chi connectivity index (χ1v) is 9.25. The highest BCUT2D eigenvalue weighted by atomic mass is 32.2. The van der Waals surface area contributed by atoms with E-state index in [9.17, 15) is 18.0 Å². The first kappa shape index (κ1) is 15.9. The quantitative estimate of drug-likeness (QED) is 0.754. The van der Waals surface area contributed by atoms with E-state index in [1.165, 1.54) is 4.90 Å². The van der Waals surface area contributed by atoms with Crippen LogP contribution in [0.3, 0.4) is 0 Å². The number of aromatic nitrogens is 1. The van der Waals surface area contributed by atoms with E-state index in [1.807, 2.05) is 0 Å². The molecule has 0 unspecified atom stereocenters. The van der Waals surface area contributed by atoms with Gasteiger partial charge in [0.2, 0.25) is 0 Å². The average Bonchev–Trinajstić information content (AvgIpc) is 3.10. The molecule has 2 atom stereocenters. The summed E-state index contributed by atoms with van der Waals surface area (Å²) in [6, 6.07) is 2.19. The zero-order valence-corrected chi connectivity index (χ0v) is 13.9. The van der Waals surface area contributed by atoms with Gasteiger partial charge >= 0.3 is 6.03 Å². The number of nitrogens with zero attached hydrogens (tertiary/aromatic N) is 3. The van der Waals surface area contributed by atoms with Crippen LogP contribution in [0.2, 0.25) is 0 Å². The molecule has 2 fully saturated rings. The molecule has 9 heteroatoms. The topological polar surface area (TPSA) is 93.8 Å². The molecule has 2 aliphatic rings. The standard InChI is InChI=1S/C14H20N4O4S/c1-16(2)14(20)18-7-6-17(13(19)10-4-3-5-15-10)11-8-23(21,22)9-12(11)18/h3-5,11-12,15H,6-9H2,1-2H3/t11-,12+/m0/s1. The Bertz CT molecular complexity index is 713. The Morgan fingerprint density at radius 2 is 1.78 bits per heavy atom. The van der Waals surface area contributed by atoms with Gasteiger partial charge in [-0.2, -0.15) is 0 Å². The summed E-state index contributed by atoms with van der Waals surface area (Å²) >= 11 is 0. The molecule has 126 valence electrons. The minimum atomic E-state index is -3.27. The SMILES string of the molecule is CN(C)C(=O)N1CCN(C(=O)c2ccc[nH]2)[C@H]2CS(=O)(=O)C[C@H]21. The summed E-state index contributed by atoms with van der Waals surface area (Å²) in [7, 11) is -0.000409. The van der Waals surface area contributed by atoms with E-state index in [-0.39, 0.29) is 23.4 Å².